The van der Waals surface area contributed by atoms with Crippen LogP contribution in [0.1, 0.15) is 5.56 Å². The standard InChI is InChI=1S/C17H11ClF3NO2/c18-13-14(16(24)10-6-2-1-5-9(10)15(13)23)22-12-8-4-3-7-11(12)17(19,20)21/h1-10,22H. The second kappa shape index (κ2) is 5.94. The van der Waals surface area contributed by atoms with Gasteiger partial charge in [0.05, 0.1) is 23.1 Å². The summed E-state index contributed by atoms with van der Waals surface area (Å²) in [6, 6.07) is 4.70. The van der Waals surface area contributed by atoms with Crippen molar-refractivity contribution in [3.63, 3.8) is 0 Å². The number of benzene rings is 1. The Balaban J connectivity index is 2.03. The minimum Gasteiger partial charge on any atom is -0.351 e. The van der Waals surface area contributed by atoms with Crippen LogP contribution >= 0.6 is 11.6 Å². The van der Waals surface area contributed by atoms with E-state index in [4.69, 9.17) is 11.6 Å². The molecule has 3 rings (SSSR count). The van der Waals surface area contributed by atoms with Gasteiger partial charge in [0.2, 0.25) is 0 Å². The molecule has 0 radical (unpaired) electrons. The van der Waals surface area contributed by atoms with Gasteiger partial charge in [-0.3, -0.25) is 9.59 Å². The predicted molar refractivity (Wildman–Crippen MR) is 83.2 cm³/mol. The van der Waals surface area contributed by atoms with Gasteiger partial charge in [0, 0.05) is 0 Å². The van der Waals surface area contributed by atoms with E-state index in [2.05, 4.69) is 5.32 Å². The largest absolute Gasteiger partial charge is 0.418 e. The van der Waals surface area contributed by atoms with Crippen LogP contribution in [-0.4, -0.2) is 11.6 Å². The SMILES string of the molecule is O=C1C(Cl)=C(Nc2ccccc2C(F)(F)F)C(=O)C2C=CC=CC12. The molecule has 7 heteroatoms. The number of para-hydroxylation sites is 1. The molecule has 0 amide bonds. The van der Waals surface area contributed by atoms with E-state index in [1.165, 1.54) is 18.2 Å². The summed E-state index contributed by atoms with van der Waals surface area (Å²) in [6.45, 7) is 0. The lowest BCUT2D eigenvalue weighted by Crippen LogP contribution is -2.37. The molecule has 3 nitrogen and oxygen atoms in total. The van der Waals surface area contributed by atoms with Gasteiger partial charge in [-0.05, 0) is 12.1 Å². The van der Waals surface area contributed by atoms with E-state index >= 15 is 0 Å². The Hall–Kier alpha value is -2.34. The first kappa shape index (κ1) is 16.5. The second-order valence-corrected chi connectivity index (χ2v) is 5.79. The molecule has 1 aromatic rings. The highest BCUT2D eigenvalue weighted by molar-refractivity contribution is 6.46. The van der Waals surface area contributed by atoms with E-state index < -0.39 is 35.1 Å². The molecule has 1 aromatic carbocycles. The number of alkyl halides is 3. The number of halogens is 4. The topological polar surface area (TPSA) is 46.2 Å². The van der Waals surface area contributed by atoms with Crippen molar-refractivity contribution in [3.8, 4) is 0 Å². The molecule has 2 aliphatic rings. The molecule has 0 saturated heterocycles. The highest BCUT2D eigenvalue weighted by Gasteiger charge is 2.42. The summed E-state index contributed by atoms with van der Waals surface area (Å²) >= 11 is 5.97. The number of rotatable bonds is 2. The zero-order valence-electron chi connectivity index (χ0n) is 12.1. The summed E-state index contributed by atoms with van der Waals surface area (Å²) in [4.78, 5) is 24.9. The number of fused-ring (bicyclic) bond motifs is 1. The fourth-order valence-corrected chi connectivity index (χ4v) is 3.01. The van der Waals surface area contributed by atoms with Crippen molar-refractivity contribution in [2.45, 2.75) is 6.18 Å². The molecule has 2 unspecified atom stereocenters. The zero-order chi connectivity index (χ0) is 17.5. The number of hydrogen-bond acceptors (Lipinski definition) is 3. The summed E-state index contributed by atoms with van der Waals surface area (Å²) < 4.78 is 39.2. The Bertz CT molecular complexity index is 808. The quantitative estimate of drug-likeness (QED) is 0.871. The van der Waals surface area contributed by atoms with Crippen LogP contribution < -0.4 is 5.32 Å². The van der Waals surface area contributed by atoms with Crippen LogP contribution in [0, 0.1) is 11.8 Å². The smallest absolute Gasteiger partial charge is 0.351 e. The molecule has 2 atom stereocenters. The monoisotopic (exact) mass is 353 g/mol. The average Bonchev–Trinajstić information content (AvgIpc) is 2.56. The number of allylic oxidation sites excluding steroid dienone is 6. The maximum absolute atomic E-state index is 13.1. The minimum absolute atomic E-state index is 0.306. The third kappa shape index (κ3) is 2.78. The van der Waals surface area contributed by atoms with Gasteiger partial charge < -0.3 is 5.32 Å². The first-order valence-corrected chi connectivity index (χ1v) is 7.45. The Morgan fingerprint density at radius 3 is 2.17 bits per heavy atom. The first-order chi connectivity index (χ1) is 11.3. The zero-order valence-corrected chi connectivity index (χ0v) is 12.9. The van der Waals surface area contributed by atoms with Gasteiger partial charge in [0.25, 0.3) is 0 Å². The van der Waals surface area contributed by atoms with Crippen LogP contribution in [0.15, 0.2) is 59.3 Å². The molecule has 2 aliphatic carbocycles. The number of ketones is 2. The van der Waals surface area contributed by atoms with Crippen molar-refractivity contribution >= 4 is 28.9 Å². The Labute approximate surface area is 140 Å². The molecule has 0 aromatic heterocycles. The molecule has 0 heterocycles. The van der Waals surface area contributed by atoms with Gasteiger partial charge in [0.15, 0.2) is 11.6 Å². The lowest BCUT2D eigenvalue weighted by atomic mass is 9.77. The summed E-state index contributed by atoms with van der Waals surface area (Å²) in [5.41, 5.74) is -1.57. The predicted octanol–water partition coefficient (Wildman–Crippen LogP) is 4.08. The van der Waals surface area contributed by atoms with Gasteiger partial charge in [-0.2, -0.15) is 13.2 Å². The third-order valence-electron chi connectivity index (χ3n) is 3.91. The fraction of sp³-hybridized carbons (Fsp3) is 0.176. The minimum atomic E-state index is -4.60. The molecule has 0 saturated carbocycles. The Kier molecular flexibility index (Phi) is 4.09. The first-order valence-electron chi connectivity index (χ1n) is 7.07. The maximum Gasteiger partial charge on any atom is 0.418 e. The molecule has 0 bridgehead atoms. The number of carbonyl (C=O) groups excluding carboxylic acids is 2. The molecule has 24 heavy (non-hydrogen) atoms. The molecule has 0 aliphatic heterocycles. The molecule has 1 N–H and O–H groups in total. The Morgan fingerprint density at radius 2 is 1.54 bits per heavy atom. The molecule has 0 fully saturated rings. The second-order valence-electron chi connectivity index (χ2n) is 5.41. The maximum atomic E-state index is 13.1. The van der Waals surface area contributed by atoms with Crippen molar-refractivity contribution in [1.29, 1.82) is 0 Å². The van der Waals surface area contributed by atoms with Crippen LogP contribution in [0.4, 0.5) is 18.9 Å². The van der Waals surface area contributed by atoms with E-state index in [9.17, 15) is 22.8 Å². The summed E-state index contributed by atoms with van der Waals surface area (Å²) in [5.74, 6) is -2.47. The summed E-state index contributed by atoms with van der Waals surface area (Å²) in [5, 5.41) is 2.04. The van der Waals surface area contributed by atoms with Crippen molar-refractivity contribution in [3.05, 3.63) is 64.9 Å². The lowest BCUT2D eigenvalue weighted by Gasteiger charge is -2.29. The molecular formula is C17H11ClF3NO2. The number of Topliss-reactive ketones (excluding diaryl/α,β-unsaturated/α-hetero) is 2. The van der Waals surface area contributed by atoms with Crippen LogP contribution in [0.2, 0.25) is 0 Å². The van der Waals surface area contributed by atoms with E-state index in [1.807, 2.05) is 0 Å². The van der Waals surface area contributed by atoms with Gasteiger partial charge in [0.1, 0.15) is 10.7 Å². The normalized spacial score (nSPS) is 23.5. The van der Waals surface area contributed by atoms with E-state index in [0.717, 1.165) is 6.07 Å². The van der Waals surface area contributed by atoms with Crippen LogP contribution in [0.5, 0.6) is 0 Å². The number of nitrogens with one attached hydrogen (secondary N) is 1. The highest BCUT2D eigenvalue weighted by atomic mass is 35.5. The van der Waals surface area contributed by atoms with E-state index in [0.29, 0.717) is 0 Å². The van der Waals surface area contributed by atoms with Crippen molar-refractivity contribution in [2.24, 2.45) is 11.8 Å². The van der Waals surface area contributed by atoms with Crippen LogP contribution in [0.25, 0.3) is 0 Å². The molecule has 0 spiro atoms. The van der Waals surface area contributed by atoms with Gasteiger partial charge in [-0.15, -0.1) is 0 Å². The van der Waals surface area contributed by atoms with Gasteiger partial charge >= 0.3 is 6.18 Å². The summed E-state index contributed by atoms with van der Waals surface area (Å²) in [7, 11) is 0. The number of anilines is 1. The summed E-state index contributed by atoms with van der Waals surface area (Å²) in [6.07, 6.45) is 1.76. The Morgan fingerprint density at radius 1 is 0.958 bits per heavy atom. The number of hydrogen-bond donors (Lipinski definition) is 1. The van der Waals surface area contributed by atoms with E-state index in [1.54, 1.807) is 24.3 Å². The lowest BCUT2D eigenvalue weighted by molar-refractivity contribution is -0.137. The van der Waals surface area contributed by atoms with Gasteiger partial charge in [-0.1, -0.05) is 48.0 Å². The number of carbonyl (C=O) groups is 2. The van der Waals surface area contributed by atoms with Gasteiger partial charge in [-0.25, -0.2) is 0 Å². The van der Waals surface area contributed by atoms with Crippen molar-refractivity contribution in [1.82, 2.24) is 0 Å². The highest BCUT2D eigenvalue weighted by Crippen LogP contribution is 2.38. The van der Waals surface area contributed by atoms with Crippen LogP contribution in [0.3, 0.4) is 0 Å². The van der Waals surface area contributed by atoms with E-state index in [-0.39, 0.29) is 16.4 Å². The van der Waals surface area contributed by atoms with Crippen molar-refractivity contribution < 1.29 is 22.8 Å². The van der Waals surface area contributed by atoms with Crippen LogP contribution in [-0.2, 0) is 15.8 Å². The average molecular weight is 354 g/mol. The fourth-order valence-electron chi connectivity index (χ4n) is 2.74. The third-order valence-corrected chi connectivity index (χ3v) is 4.29. The molecule has 124 valence electrons. The molecular weight excluding hydrogens is 343 g/mol. The van der Waals surface area contributed by atoms with Crippen molar-refractivity contribution in [2.75, 3.05) is 5.32 Å².